The number of nitrogens with one attached hydrogen (secondary N) is 1. The van der Waals surface area contributed by atoms with Crippen molar-refractivity contribution < 1.29 is 14.3 Å². The zero-order chi connectivity index (χ0) is 19.9. The van der Waals surface area contributed by atoms with Crippen molar-refractivity contribution in [1.82, 2.24) is 10.2 Å². The van der Waals surface area contributed by atoms with Gasteiger partial charge in [0.2, 0.25) is 0 Å². The van der Waals surface area contributed by atoms with E-state index in [0.717, 1.165) is 18.5 Å². The first kappa shape index (κ1) is 19.8. The van der Waals surface area contributed by atoms with Crippen molar-refractivity contribution in [1.29, 1.82) is 0 Å². The second kappa shape index (κ2) is 9.79. The average molecular weight is 395 g/mol. The van der Waals surface area contributed by atoms with Gasteiger partial charge in [0.05, 0.1) is 13.2 Å². The maximum atomic E-state index is 12.5. The average Bonchev–Trinajstić information content (AvgIpc) is 3.15. The fourth-order valence-corrected chi connectivity index (χ4v) is 3.90. The normalized spacial score (nSPS) is 17.2. The van der Waals surface area contributed by atoms with Crippen molar-refractivity contribution in [2.24, 2.45) is 0 Å². The van der Waals surface area contributed by atoms with Gasteiger partial charge in [-0.15, -0.1) is 0 Å². The molecule has 5 heteroatoms. The summed E-state index contributed by atoms with van der Waals surface area (Å²) in [5, 5.41) is 3.00. The molecule has 0 saturated carbocycles. The van der Waals surface area contributed by atoms with Gasteiger partial charge in [-0.1, -0.05) is 37.1 Å². The van der Waals surface area contributed by atoms with E-state index in [1.807, 2.05) is 6.07 Å². The lowest BCUT2D eigenvalue weighted by atomic mass is 10.1. The summed E-state index contributed by atoms with van der Waals surface area (Å²) in [5.41, 5.74) is 3.03. The molecule has 5 nitrogen and oxygen atoms in total. The second-order valence-corrected chi connectivity index (χ2v) is 7.90. The summed E-state index contributed by atoms with van der Waals surface area (Å²) in [6.07, 6.45) is 6.19. The number of rotatable bonds is 5. The van der Waals surface area contributed by atoms with Gasteiger partial charge in [0, 0.05) is 25.1 Å². The number of amides is 1. The summed E-state index contributed by atoms with van der Waals surface area (Å²) in [4.78, 5) is 15.1. The fraction of sp³-hybridized carbons (Fsp3) is 0.458. The summed E-state index contributed by atoms with van der Waals surface area (Å²) >= 11 is 0. The first-order chi connectivity index (χ1) is 14.3. The minimum atomic E-state index is -0.103. The van der Waals surface area contributed by atoms with Gasteiger partial charge in [0.1, 0.15) is 0 Å². The first-order valence-corrected chi connectivity index (χ1v) is 10.8. The fourth-order valence-electron chi connectivity index (χ4n) is 3.90. The van der Waals surface area contributed by atoms with Crippen LogP contribution in [0.25, 0.3) is 0 Å². The van der Waals surface area contributed by atoms with E-state index in [1.165, 1.54) is 44.3 Å². The molecule has 0 atom stereocenters. The lowest BCUT2D eigenvalue weighted by Gasteiger charge is -2.19. The lowest BCUT2D eigenvalue weighted by molar-refractivity contribution is 0.0950. The Morgan fingerprint density at radius 2 is 1.52 bits per heavy atom. The van der Waals surface area contributed by atoms with E-state index in [0.29, 0.717) is 36.8 Å². The first-order valence-electron chi connectivity index (χ1n) is 10.8. The molecule has 0 bridgehead atoms. The summed E-state index contributed by atoms with van der Waals surface area (Å²) in [6.45, 7) is 5.19. The molecule has 2 aliphatic rings. The highest BCUT2D eigenvalue weighted by atomic mass is 16.5. The van der Waals surface area contributed by atoms with Crippen molar-refractivity contribution in [2.45, 2.75) is 45.2 Å². The molecule has 2 aromatic carbocycles. The van der Waals surface area contributed by atoms with Crippen LogP contribution >= 0.6 is 0 Å². The molecule has 1 fully saturated rings. The molecule has 2 aliphatic heterocycles. The third-order valence-corrected chi connectivity index (χ3v) is 5.59. The summed E-state index contributed by atoms with van der Waals surface area (Å²) in [7, 11) is 0. The van der Waals surface area contributed by atoms with Crippen LogP contribution in [0, 0.1) is 0 Å². The van der Waals surface area contributed by atoms with Crippen molar-refractivity contribution in [3.05, 3.63) is 59.2 Å². The van der Waals surface area contributed by atoms with Crippen LogP contribution in [-0.2, 0) is 13.1 Å². The second-order valence-electron chi connectivity index (χ2n) is 7.90. The van der Waals surface area contributed by atoms with Crippen LogP contribution in [0.15, 0.2) is 42.5 Å². The molecular weight excluding hydrogens is 364 g/mol. The van der Waals surface area contributed by atoms with Gasteiger partial charge < -0.3 is 14.8 Å². The van der Waals surface area contributed by atoms with Crippen LogP contribution in [0.5, 0.6) is 11.5 Å². The maximum Gasteiger partial charge on any atom is 0.251 e. The molecule has 2 heterocycles. The van der Waals surface area contributed by atoms with Crippen LogP contribution in [0.2, 0.25) is 0 Å². The largest absolute Gasteiger partial charge is 0.490 e. The minimum absolute atomic E-state index is 0.103. The highest BCUT2D eigenvalue weighted by molar-refractivity contribution is 5.94. The number of benzene rings is 2. The number of hydrogen-bond donors (Lipinski definition) is 1. The zero-order valence-electron chi connectivity index (χ0n) is 17.0. The predicted molar refractivity (Wildman–Crippen MR) is 113 cm³/mol. The van der Waals surface area contributed by atoms with E-state index in [1.54, 1.807) is 12.1 Å². The van der Waals surface area contributed by atoms with Gasteiger partial charge in [-0.05, 0) is 55.3 Å². The van der Waals surface area contributed by atoms with Crippen molar-refractivity contribution >= 4 is 5.91 Å². The number of ether oxygens (including phenoxy) is 2. The Labute approximate surface area is 173 Å². The molecule has 29 heavy (non-hydrogen) atoms. The van der Waals surface area contributed by atoms with E-state index in [9.17, 15) is 4.79 Å². The van der Waals surface area contributed by atoms with E-state index in [4.69, 9.17) is 9.47 Å². The molecule has 4 rings (SSSR count). The Morgan fingerprint density at radius 3 is 2.28 bits per heavy atom. The minimum Gasteiger partial charge on any atom is -0.490 e. The third-order valence-electron chi connectivity index (χ3n) is 5.59. The molecule has 1 N–H and O–H groups in total. The molecule has 2 aromatic rings. The Morgan fingerprint density at radius 1 is 0.828 bits per heavy atom. The molecule has 0 aromatic heterocycles. The standard InChI is InChI=1S/C24H30N2O3/c27-24(21-10-11-22-23(16-21)29-15-5-14-28-22)25-17-19-6-8-20(9-7-19)18-26-12-3-1-2-4-13-26/h6-11,16H,1-5,12-15,17-18H2,(H,25,27). The summed E-state index contributed by atoms with van der Waals surface area (Å²) in [5.74, 6) is 1.25. The summed E-state index contributed by atoms with van der Waals surface area (Å²) in [6, 6.07) is 13.9. The van der Waals surface area contributed by atoms with Gasteiger partial charge in [-0.3, -0.25) is 9.69 Å². The Bertz CT molecular complexity index is 811. The van der Waals surface area contributed by atoms with Crippen LogP contribution in [-0.4, -0.2) is 37.1 Å². The number of fused-ring (bicyclic) bond motifs is 1. The number of hydrogen-bond acceptors (Lipinski definition) is 4. The van der Waals surface area contributed by atoms with Crippen molar-refractivity contribution in [3.8, 4) is 11.5 Å². The van der Waals surface area contributed by atoms with Crippen molar-refractivity contribution in [2.75, 3.05) is 26.3 Å². The van der Waals surface area contributed by atoms with E-state index in [2.05, 4.69) is 34.5 Å². The maximum absolute atomic E-state index is 12.5. The Balaban J connectivity index is 1.30. The number of likely N-dealkylation sites (tertiary alicyclic amines) is 1. The Hall–Kier alpha value is -2.53. The lowest BCUT2D eigenvalue weighted by Crippen LogP contribution is -2.24. The SMILES string of the molecule is O=C(NCc1ccc(CN2CCCCCC2)cc1)c1ccc2c(c1)OCCCO2. The molecule has 0 unspecified atom stereocenters. The highest BCUT2D eigenvalue weighted by Crippen LogP contribution is 2.30. The monoisotopic (exact) mass is 394 g/mol. The molecule has 0 aliphatic carbocycles. The van der Waals surface area contributed by atoms with Gasteiger partial charge in [0.25, 0.3) is 5.91 Å². The number of nitrogens with zero attached hydrogens (tertiary/aromatic N) is 1. The van der Waals surface area contributed by atoms with Gasteiger partial charge in [-0.25, -0.2) is 0 Å². The number of carbonyl (C=O) groups excluding carboxylic acids is 1. The molecular formula is C24H30N2O3. The Kier molecular flexibility index (Phi) is 6.67. The highest BCUT2D eigenvalue weighted by Gasteiger charge is 2.14. The molecule has 154 valence electrons. The number of carbonyl (C=O) groups is 1. The quantitative estimate of drug-likeness (QED) is 0.828. The zero-order valence-corrected chi connectivity index (χ0v) is 17.0. The molecule has 0 spiro atoms. The van der Waals surface area contributed by atoms with Crippen molar-refractivity contribution in [3.63, 3.8) is 0 Å². The third kappa shape index (κ3) is 5.51. The topological polar surface area (TPSA) is 50.8 Å². The smallest absolute Gasteiger partial charge is 0.251 e. The molecule has 1 saturated heterocycles. The summed E-state index contributed by atoms with van der Waals surface area (Å²) < 4.78 is 11.3. The van der Waals surface area contributed by atoms with Gasteiger partial charge >= 0.3 is 0 Å². The van der Waals surface area contributed by atoms with E-state index < -0.39 is 0 Å². The van der Waals surface area contributed by atoms with Gasteiger partial charge in [0.15, 0.2) is 11.5 Å². The predicted octanol–water partition coefficient (Wildman–Crippen LogP) is 4.15. The van der Waals surface area contributed by atoms with E-state index >= 15 is 0 Å². The van der Waals surface area contributed by atoms with Crippen LogP contribution < -0.4 is 14.8 Å². The molecule has 1 amide bonds. The van der Waals surface area contributed by atoms with Gasteiger partial charge in [-0.2, -0.15) is 0 Å². The molecule has 0 radical (unpaired) electrons. The van der Waals surface area contributed by atoms with Crippen LogP contribution in [0.1, 0.15) is 53.6 Å². The van der Waals surface area contributed by atoms with Crippen LogP contribution in [0.4, 0.5) is 0 Å². The van der Waals surface area contributed by atoms with E-state index in [-0.39, 0.29) is 5.91 Å². The van der Waals surface area contributed by atoms with Crippen LogP contribution in [0.3, 0.4) is 0 Å².